The van der Waals surface area contributed by atoms with E-state index in [1.54, 1.807) is 11.9 Å². The van der Waals surface area contributed by atoms with E-state index >= 15 is 0 Å². The van der Waals surface area contributed by atoms with Crippen LogP contribution in [0.5, 0.6) is 0 Å². The molecule has 0 aliphatic carbocycles. The Kier molecular flexibility index (Phi) is 5.15. The molecule has 1 rings (SSSR count). The number of carboxylic acid groups (broad SMARTS) is 1. The van der Waals surface area contributed by atoms with Gasteiger partial charge in [-0.25, -0.2) is 13.2 Å². The Morgan fingerprint density at radius 2 is 1.83 bits per heavy atom. The number of aliphatic carboxylic acids is 1. The van der Waals surface area contributed by atoms with Gasteiger partial charge >= 0.3 is 5.97 Å². The van der Waals surface area contributed by atoms with Gasteiger partial charge in [-0.2, -0.15) is 0 Å². The van der Waals surface area contributed by atoms with Gasteiger partial charge in [0.15, 0.2) is 11.6 Å². The van der Waals surface area contributed by atoms with Crippen LogP contribution in [-0.4, -0.2) is 29.6 Å². The maximum atomic E-state index is 13.3. The first-order valence-corrected chi connectivity index (χ1v) is 5.44. The molecule has 0 aromatic heterocycles. The minimum atomic E-state index is -1.22. The molecule has 18 heavy (non-hydrogen) atoms. The third-order valence-electron chi connectivity index (χ3n) is 2.46. The number of halogens is 3. The van der Waals surface area contributed by atoms with Crippen molar-refractivity contribution in [2.75, 3.05) is 13.6 Å². The second-order valence-corrected chi connectivity index (χ2v) is 4.09. The molecule has 0 aliphatic heterocycles. The maximum absolute atomic E-state index is 13.3. The molecule has 1 aromatic carbocycles. The quantitative estimate of drug-likeness (QED) is 0.799. The molecule has 0 bridgehead atoms. The highest BCUT2D eigenvalue weighted by atomic mass is 19.2. The van der Waals surface area contributed by atoms with Gasteiger partial charge in [0, 0.05) is 24.6 Å². The Morgan fingerprint density at radius 3 is 2.44 bits per heavy atom. The van der Waals surface area contributed by atoms with Crippen molar-refractivity contribution in [3.05, 3.63) is 35.1 Å². The first-order chi connectivity index (χ1) is 8.40. The summed E-state index contributed by atoms with van der Waals surface area (Å²) in [6.45, 7) is 0.535. The third-order valence-corrected chi connectivity index (χ3v) is 2.46. The average Bonchev–Trinajstić information content (AvgIpc) is 2.25. The molecule has 0 radical (unpaired) electrons. The van der Waals surface area contributed by atoms with Crippen LogP contribution in [0.4, 0.5) is 13.2 Å². The predicted molar refractivity (Wildman–Crippen MR) is 59.5 cm³/mol. The third kappa shape index (κ3) is 4.37. The second-order valence-electron chi connectivity index (χ2n) is 4.09. The van der Waals surface area contributed by atoms with Crippen LogP contribution in [0.3, 0.4) is 0 Å². The lowest BCUT2D eigenvalue weighted by atomic mass is 10.2. The van der Waals surface area contributed by atoms with E-state index in [1.807, 2.05) is 0 Å². The van der Waals surface area contributed by atoms with Crippen LogP contribution in [0.25, 0.3) is 0 Å². The van der Waals surface area contributed by atoms with Gasteiger partial charge in [0.05, 0.1) is 0 Å². The molecule has 1 N–H and O–H groups in total. The van der Waals surface area contributed by atoms with Crippen molar-refractivity contribution in [1.29, 1.82) is 0 Å². The van der Waals surface area contributed by atoms with Crippen molar-refractivity contribution in [3.8, 4) is 0 Å². The molecule has 6 heteroatoms. The van der Waals surface area contributed by atoms with Gasteiger partial charge in [0.2, 0.25) is 0 Å². The van der Waals surface area contributed by atoms with Crippen LogP contribution in [0.2, 0.25) is 0 Å². The van der Waals surface area contributed by atoms with E-state index in [0.717, 1.165) is 6.07 Å². The molecule has 0 amide bonds. The summed E-state index contributed by atoms with van der Waals surface area (Å²) in [4.78, 5) is 12.0. The molecule has 1 aromatic rings. The fourth-order valence-electron chi connectivity index (χ4n) is 1.55. The molecule has 0 saturated heterocycles. The maximum Gasteiger partial charge on any atom is 0.303 e. The largest absolute Gasteiger partial charge is 0.481 e. The average molecular weight is 261 g/mol. The van der Waals surface area contributed by atoms with Crippen molar-refractivity contribution in [1.82, 2.24) is 4.90 Å². The first kappa shape index (κ1) is 14.5. The highest BCUT2D eigenvalue weighted by molar-refractivity contribution is 5.66. The van der Waals surface area contributed by atoms with Crippen LogP contribution in [0.1, 0.15) is 18.4 Å². The molecule has 0 saturated carbocycles. The smallest absolute Gasteiger partial charge is 0.303 e. The van der Waals surface area contributed by atoms with Gasteiger partial charge in [0.25, 0.3) is 0 Å². The fraction of sp³-hybridized carbons (Fsp3) is 0.417. The predicted octanol–water partition coefficient (Wildman–Crippen LogP) is 2.40. The van der Waals surface area contributed by atoms with E-state index < -0.39 is 23.4 Å². The summed E-state index contributed by atoms with van der Waals surface area (Å²) < 4.78 is 38.9. The number of benzene rings is 1. The molecule has 0 spiro atoms. The van der Waals surface area contributed by atoms with E-state index in [2.05, 4.69) is 0 Å². The van der Waals surface area contributed by atoms with Crippen LogP contribution in [0.15, 0.2) is 12.1 Å². The normalized spacial score (nSPS) is 10.9. The minimum Gasteiger partial charge on any atom is -0.481 e. The first-order valence-electron chi connectivity index (χ1n) is 5.44. The molecule has 0 heterocycles. The van der Waals surface area contributed by atoms with Crippen molar-refractivity contribution in [3.63, 3.8) is 0 Å². The van der Waals surface area contributed by atoms with Gasteiger partial charge in [-0.3, -0.25) is 4.79 Å². The highest BCUT2D eigenvalue weighted by Gasteiger charge is 2.11. The van der Waals surface area contributed by atoms with Gasteiger partial charge in [-0.05, 0) is 26.1 Å². The van der Waals surface area contributed by atoms with Gasteiger partial charge in [0.1, 0.15) is 5.82 Å². The Balaban J connectivity index is 2.56. The minimum absolute atomic E-state index is 0.0185. The summed E-state index contributed by atoms with van der Waals surface area (Å²) in [5.74, 6) is -4.02. The van der Waals surface area contributed by atoms with E-state index in [0.29, 0.717) is 19.0 Å². The molecule has 0 atom stereocenters. The number of carbonyl (C=O) groups is 1. The summed E-state index contributed by atoms with van der Waals surface area (Å²) in [6, 6.07) is 1.33. The molecular formula is C12H14F3NO2. The van der Waals surface area contributed by atoms with E-state index in [9.17, 15) is 18.0 Å². The molecule has 100 valence electrons. The molecular weight excluding hydrogens is 247 g/mol. The van der Waals surface area contributed by atoms with Gasteiger partial charge in [-0.15, -0.1) is 0 Å². The second kappa shape index (κ2) is 6.39. The SMILES string of the molecule is CN(CCCC(=O)O)Cc1cc(F)c(F)cc1F. The van der Waals surface area contributed by atoms with Crippen LogP contribution in [0, 0.1) is 17.5 Å². The number of hydrogen-bond donors (Lipinski definition) is 1. The fourth-order valence-corrected chi connectivity index (χ4v) is 1.55. The lowest BCUT2D eigenvalue weighted by molar-refractivity contribution is -0.137. The van der Waals surface area contributed by atoms with Crippen LogP contribution < -0.4 is 0 Å². The summed E-state index contributed by atoms with van der Waals surface area (Å²) in [5.41, 5.74) is 0.0479. The lowest BCUT2D eigenvalue weighted by Crippen LogP contribution is -2.20. The number of hydrogen-bond acceptors (Lipinski definition) is 2. The molecule has 0 unspecified atom stereocenters. The zero-order valence-electron chi connectivity index (χ0n) is 9.92. The Bertz CT molecular complexity index is 438. The summed E-state index contributed by atoms with van der Waals surface area (Å²) >= 11 is 0. The molecule has 0 fully saturated rings. The number of carboxylic acids is 1. The standard InChI is InChI=1S/C12H14F3NO2/c1-16(4-2-3-12(17)18)7-8-5-10(14)11(15)6-9(8)13/h5-6H,2-4,7H2,1H3,(H,17,18). The topological polar surface area (TPSA) is 40.5 Å². The summed E-state index contributed by atoms with van der Waals surface area (Å²) in [6.07, 6.45) is 0.432. The van der Waals surface area contributed by atoms with Crippen molar-refractivity contribution < 1.29 is 23.1 Å². The van der Waals surface area contributed by atoms with E-state index in [-0.39, 0.29) is 18.5 Å². The van der Waals surface area contributed by atoms with Gasteiger partial charge in [-0.1, -0.05) is 0 Å². The summed E-state index contributed by atoms with van der Waals surface area (Å²) in [7, 11) is 1.66. The monoisotopic (exact) mass is 261 g/mol. The number of nitrogens with zero attached hydrogens (tertiary/aromatic N) is 1. The summed E-state index contributed by atoms with van der Waals surface area (Å²) in [5, 5.41) is 8.46. The lowest BCUT2D eigenvalue weighted by Gasteiger charge is -2.16. The van der Waals surface area contributed by atoms with Gasteiger partial charge < -0.3 is 10.0 Å². The Morgan fingerprint density at radius 1 is 1.22 bits per heavy atom. The van der Waals surface area contributed by atoms with E-state index in [4.69, 9.17) is 5.11 Å². The van der Waals surface area contributed by atoms with Crippen molar-refractivity contribution in [2.24, 2.45) is 0 Å². The van der Waals surface area contributed by atoms with Crippen molar-refractivity contribution in [2.45, 2.75) is 19.4 Å². The van der Waals surface area contributed by atoms with Crippen LogP contribution >= 0.6 is 0 Å². The zero-order valence-corrected chi connectivity index (χ0v) is 9.92. The Labute approximate surface area is 103 Å². The van der Waals surface area contributed by atoms with Crippen molar-refractivity contribution >= 4 is 5.97 Å². The zero-order chi connectivity index (χ0) is 13.7. The van der Waals surface area contributed by atoms with E-state index in [1.165, 1.54) is 0 Å². The Hall–Kier alpha value is -1.56. The van der Waals surface area contributed by atoms with Crippen LogP contribution in [-0.2, 0) is 11.3 Å². The molecule has 3 nitrogen and oxygen atoms in total. The highest BCUT2D eigenvalue weighted by Crippen LogP contribution is 2.15. The molecule has 0 aliphatic rings. The number of rotatable bonds is 6.